The van der Waals surface area contributed by atoms with E-state index in [0.717, 1.165) is 13.0 Å². The van der Waals surface area contributed by atoms with Gasteiger partial charge in [-0.1, -0.05) is 6.92 Å². The van der Waals surface area contributed by atoms with Crippen molar-refractivity contribution in [2.75, 3.05) is 19.4 Å². The highest BCUT2D eigenvalue weighted by atomic mass is 31.1. The van der Waals surface area contributed by atoms with E-state index in [9.17, 15) is 4.57 Å². The van der Waals surface area contributed by atoms with Crippen LogP contribution in [0.1, 0.15) is 19.8 Å². The third-order valence-corrected chi connectivity index (χ3v) is 1.69. The molecule has 1 N–H and O–H groups in total. The van der Waals surface area contributed by atoms with Crippen molar-refractivity contribution < 1.29 is 14.2 Å². The zero-order chi connectivity index (χ0) is 7.82. The van der Waals surface area contributed by atoms with Gasteiger partial charge in [-0.3, -0.25) is 0 Å². The Labute approximate surface area is 62.3 Å². The quantitative estimate of drug-likeness (QED) is 0.479. The average Bonchev–Trinajstić information content (AvgIpc) is 1.87. The first-order valence-corrected chi connectivity index (χ1v) is 4.88. The second kappa shape index (κ2) is 7.13. The Balaban J connectivity index is 2.84. The summed E-state index contributed by atoms with van der Waals surface area (Å²) in [5.74, 6) is 0. The Morgan fingerprint density at radius 3 is 2.70 bits per heavy atom. The van der Waals surface area contributed by atoms with Gasteiger partial charge in [0.25, 0.3) is 0 Å². The van der Waals surface area contributed by atoms with Gasteiger partial charge in [0.1, 0.15) is 0 Å². The number of hydrogen-bond acceptors (Lipinski definition) is 2. The minimum atomic E-state index is -1.95. The first-order valence-electron chi connectivity index (χ1n) is 3.48. The summed E-state index contributed by atoms with van der Waals surface area (Å²) in [6.07, 6.45) is 2.05. The standard InChI is InChI=1S/C6H13O3P/c1-2-4-9-5-3-6-10(7)8/h2-6H2,1H3/p+1. The molecule has 0 fully saturated rings. The second-order valence-corrected chi connectivity index (χ2v) is 3.19. The van der Waals surface area contributed by atoms with Gasteiger partial charge in [-0.05, 0) is 11.0 Å². The van der Waals surface area contributed by atoms with Gasteiger partial charge in [0.2, 0.25) is 0 Å². The molecule has 1 unspecified atom stereocenters. The van der Waals surface area contributed by atoms with Crippen LogP contribution in [0.15, 0.2) is 0 Å². The van der Waals surface area contributed by atoms with Crippen molar-refractivity contribution >= 4 is 8.03 Å². The van der Waals surface area contributed by atoms with Crippen molar-refractivity contribution in [3.8, 4) is 0 Å². The molecule has 0 aliphatic rings. The fourth-order valence-corrected chi connectivity index (χ4v) is 0.948. The van der Waals surface area contributed by atoms with Crippen molar-refractivity contribution in [2.24, 2.45) is 0 Å². The Bertz CT molecular complexity index is 95.0. The molecule has 1 atom stereocenters. The molecule has 0 bridgehead atoms. The third-order valence-electron chi connectivity index (χ3n) is 0.987. The molecule has 0 aliphatic carbocycles. The van der Waals surface area contributed by atoms with E-state index in [-0.39, 0.29) is 0 Å². The Morgan fingerprint density at radius 2 is 2.20 bits per heavy atom. The lowest BCUT2D eigenvalue weighted by atomic mass is 10.5. The van der Waals surface area contributed by atoms with Gasteiger partial charge in [0, 0.05) is 13.0 Å². The summed E-state index contributed by atoms with van der Waals surface area (Å²) in [7, 11) is -1.95. The first-order chi connectivity index (χ1) is 4.77. The second-order valence-electron chi connectivity index (χ2n) is 2.04. The minimum Gasteiger partial charge on any atom is -0.381 e. The molecule has 0 amide bonds. The Morgan fingerprint density at radius 1 is 1.50 bits per heavy atom. The summed E-state index contributed by atoms with van der Waals surface area (Å²) in [4.78, 5) is 8.36. The lowest BCUT2D eigenvalue weighted by molar-refractivity contribution is 0.135. The normalized spacial score (nSPS) is 11.6. The van der Waals surface area contributed by atoms with Gasteiger partial charge in [-0.15, -0.1) is 0 Å². The van der Waals surface area contributed by atoms with Crippen LogP contribution in [0.25, 0.3) is 0 Å². The smallest absolute Gasteiger partial charge is 0.381 e. The molecule has 0 spiro atoms. The molecule has 0 heterocycles. The molecule has 0 saturated carbocycles. The highest BCUT2D eigenvalue weighted by molar-refractivity contribution is 7.37. The topological polar surface area (TPSA) is 46.5 Å². The highest BCUT2D eigenvalue weighted by Crippen LogP contribution is 2.13. The fraction of sp³-hybridized carbons (Fsp3) is 1.00. The van der Waals surface area contributed by atoms with E-state index in [1.54, 1.807) is 0 Å². The van der Waals surface area contributed by atoms with E-state index >= 15 is 0 Å². The van der Waals surface area contributed by atoms with Crippen LogP contribution in [0.4, 0.5) is 0 Å². The van der Waals surface area contributed by atoms with E-state index in [2.05, 4.69) is 0 Å². The number of rotatable bonds is 6. The predicted molar refractivity (Wildman–Crippen MR) is 40.4 cm³/mol. The van der Waals surface area contributed by atoms with E-state index in [1.807, 2.05) is 6.92 Å². The molecular weight excluding hydrogens is 151 g/mol. The molecule has 4 heteroatoms. The van der Waals surface area contributed by atoms with E-state index < -0.39 is 8.03 Å². The summed E-state index contributed by atoms with van der Waals surface area (Å²) in [6.45, 7) is 3.39. The third kappa shape index (κ3) is 8.02. The highest BCUT2D eigenvalue weighted by Gasteiger charge is 2.07. The molecule has 0 saturated heterocycles. The van der Waals surface area contributed by atoms with E-state index in [1.165, 1.54) is 0 Å². The van der Waals surface area contributed by atoms with Crippen LogP contribution in [0.5, 0.6) is 0 Å². The lowest BCUT2D eigenvalue weighted by Crippen LogP contribution is -1.96. The molecule has 0 radical (unpaired) electrons. The average molecular weight is 165 g/mol. The summed E-state index contributed by atoms with van der Waals surface area (Å²) >= 11 is 0. The molecule has 0 aliphatic heterocycles. The van der Waals surface area contributed by atoms with E-state index in [4.69, 9.17) is 9.63 Å². The Hall–Kier alpha value is 0.0200. The van der Waals surface area contributed by atoms with Crippen LogP contribution in [-0.2, 0) is 9.30 Å². The van der Waals surface area contributed by atoms with Gasteiger partial charge in [-0.2, -0.15) is 4.89 Å². The van der Waals surface area contributed by atoms with Gasteiger partial charge in [0.15, 0.2) is 6.16 Å². The molecule has 0 rings (SSSR count). The molecule has 60 valence electrons. The largest absolute Gasteiger partial charge is 0.505 e. The fourth-order valence-electron chi connectivity index (χ4n) is 0.548. The number of ether oxygens (including phenoxy) is 1. The number of hydrogen-bond donors (Lipinski definition) is 1. The van der Waals surface area contributed by atoms with Gasteiger partial charge < -0.3 is 4.74 Å². The maximum Gasteiger partial charge on any atom is 0.505 e. The first kappa shape index (κ1) is 10.0. The molecule has 0 aromatic rings. The zero-order valence-electron chi connectivity index (χ0n) is 6.25. The van der Waals surface area contributed by atoms with Crippen molar-refractivity contribution in [2.45, 2.75) is 19.8 Å². The van der Waals surface area contributed by atoms with Gasteiger partial charge in [0.05, 0.1) is 6.61 Å². The summed E-state index contributed by atoms with van der Waals surface area (Å²) < 4.78 is 15.2. The van der Waals surface area contributed by atoms with Crippen molar-refractivity contribution in [3.63, 3.8) is 0 Å². The van der Waals surface area contributed by atoms with Crippen LogP contribution < -0.4 is 0 Å². The van der Waals surface area contributed by atoms with Gasteiger partial charge >= 0.3 is 8.03 Å². The summed E-state index contributed by atoms with van der Waals surface area (Å²) in [5, 5.41) is 0. The van der Waals surface area contributed by atoms with Crippen LogP contribution >= 0.6 is 8.03 Å². The molecule has 10 heavy (non-hydrogen) atoms. The van der Waals surface area contributed by atoms with E-state index in [0.29, 0.717) is 19.2 Å². The van der Waals surface area contributed by atoms with Crippen LogP contribution in [0.3, 0.4) is 0 Å². The molecule has 0 aromatic heterocycles. The maximum absolute atomic E-state index is 10.1. The lowest BCUT2D eigenvalue weighted by Gasteiger charge is -1.96. The zero-order valence-corrected chi connectivity index (χ0v) is 7.14. The van der Waals surface area contributed by atoms with Gasteiger partial charge in [-0.25, -0.2) is 0 Å². The maximum atomic E-state index is 10.1. The van der Waals surface area contributed by atoms with Crippen molar-refractivity contribution in [1.29, 1.82) is 0 Å². The van der Waals surface area contributed by atoms with Crippen LogP contribution in [0, 0.1) is 0 Å². The monoisotopic (exact) mass is 165 g/mol. The molecular formula is C6H14O3P+. The summed E-state index contributed by atoms with van der Waals surface area (Å²) in [6, 6.07) is 0. The van der Waals surface area contributed by atoms with Crippen molar-refractivity contribution in [1.82, 2.24) is 0 Å². The van der Waals surface area contributed by atoms with Crippen molar-refractivity contribution in [3.05, 3.63) is 0 Å². The predicted octanol–water partition coefficient (Wildman–Crippen LogP) is 1.54. The van der Waals surface area contributed by atoms with Crippen LogP contribution in [-0.4, -0.2) is 24.3 Å². The minimum absolute atomic E-state index is 0.360. The summed E-state index contributed by atoms with van der Waals surface area (Å²) in [5.41, 5.74) is 0. The Kier molecular flexibility index (Phi) is 7.15. The molecule has 0 aromatic carbocycles. The molecule has 3 nitrogen and oxygen atoms in total. The van der Waals surface area contributed by atoms with Crippen LogP contribution in [0.2, 0.25) is 0 Å². The SMILES string of the molecule is CCCOCCC[P+](=O)O.